The van der Waals surface area contributed by atoms with Gasteiger partial charge in [0.25, 0.3) is 0 Å². The van der Waals surface area contributed by atoms with Crippen molar-refractivity contribution in [3.8, 4) is 0 Å². The van der Waals surface area contributed by atoms with Crippen molar-refractivity contribution in [1.82, 2.24) is 4.98 Å². The van der Waals surface area contributed by atoms with Crippen molar-refractivity contribution in [2.45, 2.75) is 43.8 Å². The van der Waals surface area contributed by atoms with Crippen molar-refractivity contribution < 1.29 is 13.5 Å². The van der Waals surface area contributed by atoms with Gasteiger partial charge in [0.05, 0.1) is 32.6 Å². The molecule has 19 heavy (non-hydrogen) atoms. The Balaban J connectivity index is 2.40. The number of anilines is 1. The topological polar surface area (TPSA) is 74.4 Å². The molecule has 0 saturated carbocycles. The molecule has 0 aliphatic carbocycles. The molecule has 1 aliphatic heterocycles. The Kier molecular flexibility index (Phi) is 3.49. The molecule has 1 saturated heterocycles. The van der Waals surface area contributed by atoms with Crippen molar-refractivity contribution in [1.29, 1.82) is 0 Å². The zero-order valence-corrected chi connectivity index (χ0v) is 12.7. The summed E-state index contributed by atoms with van der Waals surface area (Å²) in [6.07, 6.45) is 4.69. The van der Waals surface area contributed by atoms with Gasteiger partial charge in [0.2, 0.25) is 0 Å². The quantitative estimate of drug-likeness (QED) is 0.808. The number of rotatable bonds is 2. The van der Waals surface area contributed by atoms with Gasteiger partial charge in [-0.25, -0.2) is 0 Å². The van der Waals surface area contributed by atoms with E-state index in [1.165, 1.54) is 6.20 Å². The molecule has 104 valence electrons. The van der Waals surface area contributed by atoms with Crippen molar-refractivity contribution in [2.24, 2.45) is 0 Å². The van der Waals surface area contributed by atoms with Gasteiger partial charge in [0.1, 0.15) is 0 Å². The summed E-state index contributed by atoms with van der Waals surface area (Å²) in [6.45, 7) is 7.88. The maximum absolute atomic E-state index is 11.6. The van der Waals surface area contributed by atoms with Crippen molar-refractivity contribution in [2.75, 3.05) is 12.0 Å². The van der Waals surface area contributed by atoms with Crippen LogP contribution in [-0.4, -0.2) is 33.8 Å². The SMILES string of the molecule is CS(=O)c1cncc(B2OC(C)(C)C(C)(C)O2)c1N. The van der Waals surface area contributed by atoms with E-state index >= 15 is 0 Å². The molecule has 5 nitrogen and oxygen atoms in total. The predicted molar refractivity (Wildman–Crippen MR) is 76.7 cm³/mol. The average Bonchev–Trinajstić information content (AvgIpc) is 2.47. The van der Waals surface area contributed by atoms with Crippen LogP contribution >= 0.6 is 0 Å². The Morgan fingerprint density at radius 1 is 1.21 bits per heavy atom. The number of nitrogen functional groups attached to an aromatic ring is 1. The van der Waals surface area contributed by atoms with Crippen LogP contribution in [0.4, 0.5) is 5.69 Å². The molecule has 1 fully saturated rings. The van der Waals surface area contributed by atoms with E-state index in [4.69, 9.17) is 15.0 Å². The van der Waals surface area contributed by atoms with Gasteiger partial charge in [-0.15, -0.1) is 0 Å². The Hall–Kier alpha value is -0.915. The highest BCUT2D eigenvalue weighted by Gasteiger charge is 2.52. The van der Waals surface area contributed by atoms with Gasteiger partial charge in [0, 0.05) is 24.1 Å². The summed E-state index contributed by atoms with van der Waals surface area (Å²) in [5, 5.41) is 0. The first-order valence-corrected chi connectivity index (χ1v) is 7.64. The van der Waals surface area contributed by atoms with Crippen LogP contribution in [0.3, 0.4) is 0 Å². The van der Waals surface area contributed by atoms with Crippen molar-refractivity contribution in [3.05, 3.63) is 12.4 Å². The average molecular weight is 282 g/mol. The van der Waals surface area contributed by atoms with Crippen LogP contribution in [-0.2, 0) is 20.1 Å². The summed E-state index contributed by atoms with van der Waals surface area (Å²) >= 11 is 0. The Morgan fingerprint density at radius 2 is 1.74 bits per heavy atom. The number of nitrogens with zero attached hydrogens (tertiary/aromatic N) is 1. The number of hydrogen-bond acceptors (Lipinski definition) is 5. The van der Waals surface area contributed by atoms with Gasteiger partial charge in [-0.2, -0.15) is 0 Å². The minimum atomic E-state index is -1.19. The molecule has 1 aliphatic rings. The van der Waals surface area contributed by atoms with E-state index in [0.29, 0.717) is 16.0 Å². The van der Waals surface area contributed by atoms with E-state index in [1.807, 2.05) is 27.7 Å². The van der Waals surface area contributed by atoms with Gasteiger partial charge < -0.3 is 15.0 Å². The third-order valence-corrected chi connectivity index (χ3v) is 4.74. The highest BCUT2D eigenvalue weighted by molar-refractivity contribution is 7.84. The fraction of sp³-hybridized carbons (Fsp3) is 0.583. The van der Waals surface area contributed by atoms with E-state index < -0.39 is 29.1 Å². The molecule has 0 aromatic carbocycles. The highest BCUT2D eigenvalue weighted by Crippen LogP contribution is 2.37. The molecular weight excluding hydrogens is 263 g/mol. The second kappa shape index (κ2) is 4.57. The van der Waals surface area contributed by atoms with Crippen LogP contribution in [0, 0.1) is 0 Å². The molecular formula is C12H19BN2O3S. The number of nitrogens with two attached hydrogens (primary N) is 1. The fourth-order valence-electron chi connectivity index (χ4n) is 1.85. The molecule has 1 aromatic rings. The summed E-state index contributed by atoms with van der Waals surface area (Å²) in [5.74, 6) is 0. The van der Waals surface area contributed by atoms with Crippen molar-refractivity contribution in [3.63, 3.8) is 0 Å². The Labute approximate surface area is 116 Å². The molecule has 2 heterocycles. The fourth-order valence-corrected chi connectivity index (χ4v) is 2.49. The number of aromatic nitrogens is 1. The summed E-state index contributed by atoms with van der Waals surface area (Å²) < 4.78 is 23.4. The van der Waals surface area contributed by atoms with Crippen LogP contribution < -0.4 is 11.2 Å². The Bertz CT molecular complexity index is 518. The van der Waals surface area contributed by atoms with Crippen LogP contribution in [0.15, 0.2) is 17.3 Å². The zero-order valence-electron chi connectivity index (χ0n) is 11.9. The zero-order chi connectivity index (χ0) is 14.4. The van der Waals surface area contributed by atoms with Gasteiger partial charge in [0.15, 0.2) is 0 Å². The number of pyridine rings is 1. The molecule has 2 N–H and O–H groups in total. The van der Waals surface area contributed by atoms with E-state index in [0.717, 1.165) is 0 Å². The summed E-state index contributed by atoms with van der Waals surface area (Å²) in [5.41, 5.74) is 6.23. The van der Waals surface area contributed by atoms with E-state index in [1.54, 1.807) is 12.5 Å². The lowest BCUT2D eigenvalue weighted by molar-refractivity contribution is 0.00578. The second-order valence-corrected chi connectivity index (χ2v) is 7.03. The lowest BCUT2D eigenvalue weighted by atomic mass is 9.79. The standard InChI is InChI=1S/C12H19BN2O3S/c1-11(2)12(3,4)18-13(17-11)8-6-15-7-9(10(8)14)19(5)16/h6-7H,1-5H3,(H2,14,15). The smallest absolute Gasteiger partial charge is 0.399 e. The lowest BCUT2D eigenvalue weighted by Gasteiger charge is -2.32. The minimum Gasteiger partial charge on any atom is -0.399 e. The van der Waals surface area contributed by atoms with Crippen LogP contribution in [0.5, 0.6) is 0 Å². The molecule has 2 rings (SSSR count). The monoisotopic (exact) mass is 282 g/mol. The molecule has 0 radical (unpaired) electrons. The molecule has 0 bridgehead atoms. The second-order valence-electron chi connectivity index (χ2n) is 5.68. The molecule has 0 amide bonds. The lowest BCUT2D eigenvalue weighted by Crippen LogP contribution is -2.41. The largest absolute Gasteiger partial charge is 0.498 e. The molecule has 1 aromatic heterocycles. The van der Waals surface area contributed by atoms with Gasteiger partial charge in [-0.3, -0.25) is 9.19 Å². The van der Waals surface area contributed by atoms with E-state index in [2.05, 4.69) is 4.98 Å². The molecule has 1 atom stereocenters. The normalized spacial score (nSPS) is 22.5. The van der Waals surface area contributed by atoms with Crippen molar-refractivity contribution >= 4 is 29.1 Å². The van der Waals surface area contributed by atoms with Gasteiger partial charge in [-0.1, -0.05) is 0 Å². The third kappa shape index (κ3) is 2.42. The summed E-state index contributed by atoms with van der Waals surface area (Å²) in [6, 6.07) is 0. The maximum Gasteiger partial charge on any atom is 0.498 e. The first-order valence-electron chi connectivity index (χ1n) is 6.08. The first-order chi connectivity index (χ1) is 8.66. The number of hydrogen-bond donors (Lipinski definition) is 1. The minimum absolute atomic E-state index is 0.425. The molecule has 1 unspecified atom stereocenters. The van der Waals surface area contributed by atoms with Crippen LogP contribution in [0.1, 0.15) is 27.7 Å². The first kappa shape index (κ1) is 14.5. The summed E-state index contributed by atoms with van der Waals surface area (Å²) in [4.78, 5) is 4.58. The van der Waals surface area contributed by atoms with Crippen LogP contribution in [0.2, 0.25) is 0 Å². The van der Waals surface area contributed by atoms with Gasteiger partial charge in [-0.05, 0) is 27.7 Å². The van der Waals surface area contributed by atoms with Crippen LogP contribution in [0.25, 0.3) is 0 Å². The molecule has 0 spiro atoms. The molecule has 7 heteroatoms. The maximum atomic E-state index is 11.6. The Morgan fingerprint density at radius 3 is 2.21 bits per heavy atom. The van der Waals surface area contributed by atoms with E-state index in [9.17, 15) is 4.21 Å². The highest BCUT2D eigenvalue weighted by atomic mass is 32.2. The predicted octanol–water partition coefficient (Wildman–Crippen LogP) is 0.700. The summed E-state index contributed by atoms with van der Waals surface area (Å²) in [7, 11) is -1.77. The van der Waals surface area contributed by atoms with Gasteiger partial charge >= 0.3 is 7.12 Å². The third-order valence-electron chi connectivity index (χ3n) is 3.80. The van der Waals surface area contributed by atoms with E-state index in [-0.39, 0.29) is 0 Å².